The van der Waals surface area contributed by atoms with E-state index in [1.165, 1.54) is 13.8 Å². The van der Waals surface area contributed by atoms with Crippen LogP contribution in [0.4, 0.5) is 74.6 Å². The van der Waals surface area contributed by atoms with Gasteiger partial charge in [0.2, 0.25) is 0 Å². The van der Waals surface area contributed by atoms with Crippen molar-refractivity contribution in [2.45, 2.75) is 74.2 Å². The Labute approximate surface area is 236 Å². The van der Waals surface area contributed by atoms with E-state index in [1.54, 1.807) is 0 Å². The Bertz CT molecular complexity index is 1110. The largest absolute Gasteiger partial charge is 0.460 e. The van der Waals surface area contributed by atoms with Crippen LogP contribution in [0.1, 0.15) is 27.2 Å². The van der Waals surface area contributed by atoms with Crippen LogP contribution in [0.5, 0.6) is 0 Å². The average molecular weight is 737 g/mol. The van der Waals surface area contributed by atoms with Gasteiger partial charge in [-0.2, -0.15) is 78.9 Å². The summed E-state index contributed by atoms with van der Waals surface area (Å²) in [5, 5.41) is -7.70. The molecule has 0 spiro atoms. The van der Waals surface area contributed by atoms with Gasteiger partial charge in [-0.15, -0.1) is 9.35 Å². The van der Waals surface area contributed by atoms with Crippen LogP contribution in [0, 0.1) is 0 Å². The van der Waals surface area contributed by atoms with Gasteiger partial charge in [-0.1, -0.05) is 6.92 Å². The molecule has 0 aromatic rings. The van der Waals surface area contributed by atoms with Crippen LogP contribution in [0.15, 0.2) is 0 Å². The van der Waals surface area contributed by atoms with Gasteiger partial charge >= 0.3 is 54.6 Å². The third-order valence-corrected chi connectivity index (χ3v) is 8.67. The average Bonchev–Trinajstić information content (AvgIpc) is 2.87. The Morgan fingerprint density at radius 1 is 0.591 bits per heavy atom. The highest BCUT2D eigenvalue weighted by Gasteiger charge is 2.96. The van der Waals surface area contributed by atoms with Crippen LogP contribution < -0.4 is 0 Å². The maximum atomic E-state index is 14.4. The van der Waals surface area contributed by atoms with Gasteiger partial charge in [0, 0.05) is 13.1 Å². The molecule has 0 aliphatic heterocycles. The van der Waals surface area contributed by atoms with Crippen molar-refractivity contribution in [3.05, 3.63) is 0 Å². The zero-order valence-corrected chi connectivity index (χ0v) is 23.5. The maximum Gasteiger partial charge on any atom is 0.460 e. The summed E-state index contributed by atoms with van der Waals surface area (Å²) < 4.78 is 274. The van der Waals surface area contributed by atoms with Crippen LogP contribution in [-0.2, 0) is 33.7 Å². The molecule has 0 amide bonds. The Hall–Kier alpha value is -1.21. The summed E-state index contributed by atoms with van der Waals surface area (Å²) in [7, 11) is -12.1. The highest BCUT2D eigenvalue weighted by atomic mass is 32.2. The summed E-state index contributed by atoms with van der Waals surface area (Å²) in [6.45, 7) is -0.646. The molecule has 0 radical (unpaired) electrons. The molecule has 0 unspecified atom stereocenters. The SMILES string of the molecule is CCOOP(=O)(CCCN(CC)S(=O)(=O)C(F)(F)C(F)(F)C(F)(F)C(F)(F)C(F)(F)C(F)(F)C(F)(F)C(F)(F)F)OOCC. The standard InChI is InChI=1S/C17H21F17NO7PS/c1-4-35(8-7-9-43(36,41-39-5-2)42-40-6-3)44(37,38)17(33,34)15(28,29)13(24,25)11(20,21)10(18,19)12(22,23)14(26,27)16(30,31)32/h4-9H2,1-3H3. The quantitative estimate of drug-likeness (QED) is 0.0604. The predicted octanol–water partition coefficient (Wildman–Crippen LogP) is 7.12. The first-order valence-corrected chi connectivity index (χ1v) is 14.4. The Kier molecular flexibility index (Phi) is 13.1. The van der Waals surface area contributed by atoms with E-state index in [1.807, 2.05) is 0 Å². The lowest BCUT2D eigenvalue weighted by Crippen LogP contribution is -2.75. The van der Waals surface area contributed by atoms with Crippen molar-refractivity contribution in [3.8, 4) is 0 Å². The van der Waals surface area contributed by atoms with Gasteiger partial charge < -0.3 is 0 Å². The molecule has 0 fully saturated rings. The van der Waals surface area contributed by atoms with E-state index in [2.05, 4.69) is 19.1 Å². The number of alkyl halides is 17. The van der Waals surface area contributed by atoms with E-state index < -0.39 is 94.6 Å². The van der Waals surface area contributed by atoms with E-state index in [9.17, 15) is 87.6 Å². The molecule has 0 atom stereocenters. The van der Waals surface area contributed by atoms with E-state index in [0.29, 0.717) is 6.92 Å². The molecule has 0 heterocycles. The van der Waals surface area contributed by atoms with E-state index in [-0.39, 0.29) is 13.2 Å². The molecule has 27 heteroatoms. The summed E-state index contributed by atoms with van der Waals surface area (Å²) in [5.41, 5.74) is 0. The third kappa shape index (κ3) is 7.04. The zero-order chi connectivity index (χ0) is 35.6. The number of rotatable bonds is 19. The lowest BCUT2D eigenvalue weighted by atomic mass is 9.91. The van der Waals surface area contributed by atoms with Crippen molar-refractivity contribution in [1.29, 1.82) is 0 Å². The first kappa shape index (κ1) is 42.8. The molecule has 0 bridgehead atoms. The molecule has 266 valence electrons. The minimum atomic E-state index is -8.93. The second-order valence-corrected chi connectivity index (χ2v) is 12.1. The molecule has 0 saturated carbocycles. The lowest BCUT2D eigenvalue weighted by Gasteiger charge is -2.43. The van der Waals surface area contributed by atoms with Crippen molar-refractivity contribution in [1.82, 2.24) is 4.31 Å². The Morgan fingerprint density at radius 3 is 1.25 bits per heavy atom. The first-order chi connectivity index (χ1) is 19.3. The molecular weight excluding hydrogens is 716 g/mol. The van der Waals surface area contributed by atoms with Crippen LogP contribution >= 0.6 is 7.60 Å². The molecule has 0 aromatic carbocycles. The van der Waals surface area contributed by atoms with Gasteiger partial charge in [0.15, 0.2) is 0 Å². The Morgan fingerprint density at radius 2 is 0.932 bits per heavy atom. The van der Waals surface area contributed by atoms with E-state index >= 15 is 0 Å². The van der Waals surface area contributed by atoms with Crippen LogP contribution in [0.3, 0.4) is 0 Å². The highest BCUT2D eigenvalue weighted by Crippen LogP contribution is 2.64. The molecule has 8 nitrogen and oxygen atoms in total. The zero-order valence-electron chi connectivity index (χ0n) is 21.8. The normalized spacial score (nSPS) is 15.8. The second-order valence-electron chi connectivity index (χ2n) is 8.11. The van der Waals surface area contributed by atoms with Crippen molar-refractivity contribution in [3.63, 3.8) is 0 Å². The maximum absolute atomic E-state index is 14.4. The van der Waals surface area contributed by atoms with E-state index in [4.69, 9.17) is 0 Å². The minimum Gasteiger partial charge on any atom is -0.255 e. The monoisotopic (exact) mass is 737 g/mol. The Balaban J connectivity index is 6.64. The van der Waals surface area contributed by atoms with Gasteiger partial charge in [-0.25, -0.2) is 18.2 Å². The van der Waals surface area contributed by atoms with Crippen molar-refractivity contribution >= 4 is 17.6 Å². The first-order valence-electron chi connectivity index (χ1n) is 11.2. The number of hydrogen-bond donors (Lipinski definition) is 0. The lowest BCUT2D eigenvalue weighted by molar-refractivity contribution is -0.458. The van der Waals surface area contributed by atoms with Crippen LogP contribution in [-0.4, -0.2) is 92.2 Å². The topological polar surface area (TPSA) is 91.4 Å². The van der Waals surface area contributed by atoms with Gasteiger partial charge in [0.25, 0.3) is 10.0 Å². The highest BCUT2D eigenvalue weighted by molar-refractivity contribution is 7.90. The minimum absolute atomic E-state index is 0.325. The third-order valence-electron chi connectivity index (χ3n) is 5.12. The number of hydrogen-bond acceptors (Lipinski definition) is 7. The molecular formula is C17H21F17NO7PS. The fourth-order valence-corrected chi connectivity index (χ4v) is 5.44. The van der Waals surface area contributed by atoms with Crippen LogP contribution in [0.25, 0.3) is 0 Å². The molecule has 0 aliphatic rings. The summed E-state index contributed by atoms with van der Waals surface area (Å²) in [6.07, 6.45) is -10.1. The second kappa shape index (κ2) is 13.5. The van der Waals surface area contributed by atoms with Crippen LogP contribution in [0.2, 0.25) is 0 Å². The van der Waals surface area contributed by atoms with Crippen molar-refractivity contribution < 1.29 is 107 Å². The molecule has 0 aliphatic carbocycles. The summed E-state index contributed by atoms with van der Waals surface area (Å²) >= 11 is 0. The summed E-state index contributed by atoms with van der Waals surface area (Å²) in [4.78, 5) is 8.62. The molecule has 0 rings (SSSR count). The fourth-order valence-electron chi connectivity index (χ4n) is 2.72. The van der Waals surface area contributed by atoms with Crippen molar-refractivity contribution in [2.75, 3.05) is 32.5 Å². The molecule has 0 N–H and O–H groups in total. The predicted molar refractivity (Wildman–Crippen MR) is 109 cm³/mol. The van der Waals surface area contributed by atoms with Gasteiger partial charge in [0.05, 0.1) is 19.4 Å². The number of sulfonamides is 1. The number of halogens is 17. The van der Waals surface area contributed by atoms with Crippen molar-refractivity contribution in [2.24, 2.45) is 0 Å². The molecule has 0 aromatic heterocycles. The number of nitrogens with zero attached hydrogens (tertiary/aromatic N) is 1. The smallest absolute Gasteiger partial charge is 0.255 e. The van der Waals surface area contributed by atoms with Gasteiger partial charge in [0.1, 0.15) is 0 Å². The molecule has 44 heavy (non-hydrogen) atoms. The summed E-state index contributed by atoms with van der Waals surface area (Å²) in [6, 6.07) is 0. The molecule has 0 saturated heterocycles. The van der Waals surface area contributed by atoms with Gasteiger partial charge in [-0.3, -0.25) is 4.57 Å². The van der Waals surface area contributed by atoms with E-state index in [0.717, 1.165) is 0 Å². The summed E-state index contributed by atoms with van der Waals surface area (Å²) in [5.74, 6) is -52.1. The fraction of sp³-hybridized carbons (Fsp3) is 1.00. The van der Waals surface area contributed by atoms with Gasteiger partial charge in [-0.05, 0) is 20.3 Å².